The van der Waals surface area contributed by atoms with E-state index in [1.54, 1.807) is 12.1 Å². The van der Waals surface area contributed by atoms with Crippen LogP contribution in [0.2, 0.25) is 5.02 Å². The molecule has 1 unspecified atom stereocenters. The van der Waals surface area contributed by atoms with E-state index in [4.69, 9.17) is 22.0 Å². The van der Waals surface area contributed by atoms with Gasteiger partial charge < -0.3 is 9.87 Å². The number of halogens is 2. The molecule has 0 aliphatic rings. The van der Waals surface area contributed by atoms with Crippen LogP contribution in [0.3, 0.4) is 0 Å². The van der Waals surface area contributed by atoms with Crippen molar-refractivity contribution in [3.63, 3.8) is 0 Å². The van der Waals surface area contributed by atoms with Crippen molar-refractivity contribution in [2.24, 2.45) is 5.14 Å². The number of rotatable bonds is 5. The lowest BCUT2D eigenvalue weighted by molar-refractivity contribution is -0.115. The fraction of sp³-hybridized carbons (Fsp3) is 0.0556. The third-order valence-corrected chi connectivity index (χ3v) is 4.90. The van der Waals surface area contributed by atoms with Gasteiger partial charge in [-0.15, -0.1) is 5.14 Å². The van der Waals surface area contributed by atoms with Crippen molar-refractivity contribution in [1.29, 1.82) is 5.26 Å². The highest BCUT2D eigenvalue weighted by Crippen LogP contribution is 2.24. The fourth-order valence-electron chi connectivity index (χ4n) is 2.50. The van der Waals surface area contributed by atoms with Crippen molar-refractivity contribution in [2.45, 2.75) is 11.3 Å². The SMILES string of the molecule is N#Cc1cnn(-c2ccc(NC(=O)Cc3ccc(F)cc3Cl)cc2[S+](N)[O-])c1. The minimum Gasteiger partial charge on any atom is -0.593 e. The molecule has 3 N–H and O–H groups in total. The number of benzene rings is 2. The van der Waals surface area contributed by atoms with Crippen LogP contribution in [0.15, 0.2) is 53.7 Å². The van der Waals surface area contributed by atoms with Gasteiger partial charge in [-0.05, 0) is 29.8 Å². The third-order valence-electron chi connectivity index (χ3n) is 3.78. The number of nitrogens with zero attached hydrogens (tertiary/aromatic N) is 3. The second-order valence-corrected chi connectivity index (χ2v) is 7.17. The lowest BCUT2D eigenvalue weighted by atomic mass is 10.1. The minimum absolute atomic E-state index is 0.0629. The number of amides is 1. The van der Waals surface area contributed by atoms with Crippen LogP contribution < -0.4 is 10.5 Å². The first-order valence-corrected chi connectivity index (χ1v) is 9.45. The molecule has 0 aliphatic heterocycles. The van der Waals surface area contributed by atoms with Crippen LogP contribution >= 0.6 is 11.6 Å². The normalized spacial score (nSPS) is 11.7. The van der Waals surface area contributed by atoms with Crippen molar-refractivity contribution >= 4 is 34.6 Å². The zero-order valence-corrected chi connectivity index (χ0v) is 15.8. The van der Waals surface area contributed by atoms with Gasteiger partial charge in [0.2, 0.25) is 10.8 Å². The summed E-state index contributed by atoms with van der Waals surface area (Å²) in [6.45, 7) is 0. The second kappa shape index (κ2) is 8.41. The molecule has 1 amide bonds. The van der Waals surface area contributed by atoms with E-state index in [0.717, 1.165) is 6.07 Å². The van der Waals surface area contributed by atoms with Gasteiger partial charge in [0, 0.05) is 23.0 Å². The number of nitrogens with two attached hydrogens (primary N) is 1. The molecule has 0 aliphatic carbocycles. The Bertz CT molecular complexity index is 1080. The summed E-state index contributed by atoms with van der Waals surface area (Å²) in [5.41, 5.74) is 1.60. The van der Waals surface area contributed by atoms with E-state index in [9.17, 15) is 13.7 Å². The Morgan fingerprint density at radius 3 is 2.82 bits per heavy atom. The summed E-state index contributed by atoms with van der Waals surface area (Å²) in [6, 6.07) is 10.4. The zero-order valence-electron chi connectivity index (χ0n) is 14.2. The monoisotopic (exact) mass is 417 g/mol. The molecule has 7 nitrogen and oxygen atoms in total. The predicted molar refractivity (Wildman–Crippen MR) is 103 cm³/mol. The molecular weight excluding hydrogens is 405 g/mol. The summed E-state index contributed by atoms with van der Waals surface area (Å²) >= 11 is 4.08. The van der Waals surface area contributed by atoms with Gasteiger partial charge in [-0.3, -0.25) is 4.79 Å². The van der Waals surface area contributed by atoms with Gasteiger partial charge >= 0.3 is 0 Å². The maximum Gasteiger partial charge on any atom is 0.228 e. The summed E-state index contributed by atoms with van der Waals surface area (Å²) in [7, 11) is 0. The van der Waals surface area contributed by atoms with Gasteiger partial charge in [0.05, 0.1) is 29.5 Å². The lowest BCUT2D eigenvalue weighted by Crippen LogP contribution is -2.18. The molecule has 10 heteroatoms. The Morgan fingerprint density at radius 2 is 2.18 bits per heavy atom. The standard InChI is InChI=1S/C18H13ClFN5O2S/c19-15-6-13(20)2-1-12(15)5-18(26)24-14-3-4-16(17(7-14)28(22)27)25-10-11(8-21)9-23-25/h1-4,6-7,9-10H,5,22H2,(H,24,26). The average Bonchev–Trinajstić information content (AvgIpc) is 3.13. The number of hydrogen-bond acceptors (Lipinski definition) is 5. The van der Waals surface area contributed by atoms with Crippen molar-refractivity contribution < 1.29 is 13.7 Å². The Kier molecular flexibility index (Phi) is 5.96. The molecule has 1 aromatic heterocycles. The van der Waals surface area contributed by atoms with Crippen LogP contribution in [0.4, 0.5) is 10.1 Å². The molecule has 3 aromatic rings. The molecule has 0 spiro atoms. The number of aromatic nitrogens is 2. The molecule has 2 aromatic carbocycles. The molecule has 0 fully saturated rings. The summed E-state index contributed by atoms with van der Waals surface area (Å²) in [4.78, 5) is 12.5. The first-order valence-electron chi connectivity index (χ1n) is 7.86. The predicted octanol–water partition coefficient (Wildman–Crippen LogP) is 2.70. The van der Waals surface area contributed by atoms with E-state index >= 15 is 0 Å². The van der Waals surface area contributed by atoms with Gasteiger partial charge in [-0.2, -0.15) is 10.4 Å². The van der Waals surface area contributed by atoms with Crippen LogP contribution in [-0.2, 0) is 22.6 Å². The second-order valence-electron chi connectivity index (χ2n) is 5.73. The minimum atomic E-state index is -1.86. The first kappa shape index (κ1) is 19.9. The van der Waals surface area contributed by atoms with Crippen LogP contribution in [0.5, 0.6) is 0 Å². The van der Waals surface area contributed by atoms with Crippen LogP contribution in [0, 0.1) is 17.1 Å². The van der Waals surface area contributed by atoms with E-state index in [-0.39, 0.29) is 22.2 Å². The summed E-state index contributed by atoms with van der Waals surface area (Å²) in [6.07, 6.45) is 2.78. The molecule has 0 saturated carbocycles. The largest absolute Gasteiger partial charge is 0.593 e. The van der Waals surface area contributed by atoms with Gasteiger partial charge in [0.15, 0.2) is 0 Å². The summed E-state index contributed by atoms with van der Waals surface area (Å²) in [5, 5.41) is 21.3. The van der Waals surface area contributed by atoms with Gasteiger partial charge in [0.1, 0.15) is 17.6 Å². The van der Waals surface area contributed by atoms with Crippen molar-refractivity contribution in [2.75, 3.05) is 5.32 Å². The molecule has 3 rings (SSSR count). The molecule has 0 bridgehead atoms. The van der Waals surface area contributed by atoms with E-state index in [2.05, 4.69) is 10.4 Å². The van der Waals surface area contributed by atoms with Crippen LogP contribution in [0.25, 0.3) is 5.69 Å². The first-order chi connectivity index (χ1) is 13.4. The Labute approximate surface area is 167 Å². The number of carbonyl (C=O) groups excluding carboxylic acids is 1. The number of carbonyl (C=O) groups is 1. The topological polar surface area (TPSA) is 120 Å². The molecule has 1 heterocycles. The van der Waals surface area contributed by atoms with Crippen molar-refractivity contribution in [3.8, 4) is 11.8 Å². The molecule has 1 atom stereocenters. The van der Waals surface area contributed by atoms with Crippen LogP contribution in [0.1, 0.15) is 11.1 Å². The van der Waals surface area contributed by atoms with E-state index < -0.39 is 17.2 Å². The maximum atomic E-state index is 13.1. The molecule has 142 valence electrons. The highest BCUT2D eigenvalue weighted by atomic mass is 35.5. The molecule has 0 saturated heterocycles. The maximum absolute atomic E-state index is 13.1. The van der Waals surface area contributed by atoms with Crippen molar-refractivity contribution in [3.05, 3.63) is 70.8 Å². The number of anilines is 1. The molecule has 28 heavy (non-hydrogen) atoms. The highest BCUT2D eigenvalue weighted by Gasteiger charge is 2.18. The highest BCUT2D eigenvalue weighted by molar-refractivity contribution is 7.89. The van der Waals surface area contributed by atoms with E-state index in [1.807, 2.05) is 6.07 Å². The Hall–Kier alpha value is -2.90. The van der Waals surface area contributed by atoms with Crippen molar-refractivity contribution in [1.82, 2.24) is 9.78 Å². The zero-order chi connectivity index (χ0) is 20.3. The Balaban J connectivity index is 1.81. The fourth-order valence-corrected chi connectivity index (χ4v) is 3.34. The quantitative estimate of drug-likeness (QED) is 0.618. The third kappa shape index (κ3) is 4.49. The summed E-state index contributed by atoms with van der Waals surface area (Å²) in [5.74, 6) is -0.876. The van der Waals surface area contributed by atoms with Gasteiger partial charge in [0.25, 0.3) is 0 Å². The van der Waals surface area contributed by atoms with Crippen LogP contribution in [-0.4, -0.2) is 20.2 Å². The molecular formula is C18H13ClFN5O2S. The van der Waals surface area contributed by atoms with E-state index in [0.29, 0.717) is 22.5 Å². The average molecular weight is 418 g/mol. The molecule has 0 radical (unpaired) electrons. The van der Waals surface area contributed by atoms with Gasteiger partial charge in [-0.1, -0.05) is 17.7 Å². The van der Waals surface area contributed by atoms with Gasteiger partial charge in [-0.25, -0.2) is 9.07 Å². The number of nitriles is 1. The number of nitrogens with one attached hydrogen (secondary N) is 1. The van der Waals surface area contributed by atoms with E-state index in [1.165, 1.54) is 35.3 Å². The summed E-state index contributed by atoms with van der Waals surface area (Å²) < 4.78 is 26.4. The lowest BCUT2D eigenvalue weighted by Gasteiger charge is -2.12. The Morgan fingerprint density at radius 1 is 1.39 bits per heavy atom. The number of hydrogen-bond donors (Lipinski definition) is 2. The smallest absolute Gasteiger partial charge is 0.228 e.